The standard InChI is InChI=1S/C3H9N.C3H5N.C2H5Cl.C2H6O.2C2H4O.7C2H6.C2H5.CN.7CH4.10CH3.Cl2OS.K.5V.6Y/c2*1-2-3-4;4*1-2-3;9*1-2;;;;;;;;;;;;;;;;;;1-4(2)3;;;;;;;;;;;;/h2-4H2,1H3;2H2,1H3;2H2,1H3;3H,2H2,1H3;2*2H,1H3;7*1-2H3;1H2,2H3;;7*1H4;10*1H3;;;;;;;;;;;;;/q;;;;;;;;;;;;;2*-1;;;;;;;;10*-1;;+1;5*+2;;;;;;. The Bertz CT molecular complexity index is 332. The predicted molar refractivity (Wildman–Crippen MR) is 314 cm³/mol. The second-order valence-corrected chi connectivity index (χ2v) is 5.60. The maximum Gasteiger partial charge on any atom is 2.00 e. The Hall–Kier alpha value is 10.4. The summed E-state index contributed by atoms with van der Waals surface area (Å²) in [7, 11) is 7.36. The van der Waals surface area contributed by atoms with Gasteiger partial charge in [-0.2, -0.15) is 12.2 Å². The molecule has 441 valence electrons. The number of hydrogen-bond donors (Lipinski definition) is 2. The van der Waals surface area contributed by atoms with E-state index in [-0.39, 0.29) is 473 Å². The zero-order valence-electron chi connectivity index (χ0n) is 48.8. The fourth-order valence-electron chi connectivity index (χ4n) is 0. The summed E-state index contributed by atoms with van der Waals surface area (Å²) in [6, 6.07) is 1.93. The molecular weight excluding hydrogens is 1650 g/mol. The van der Waals surface area contributed by atoms with Crippen LogP contribution in [-0.4, -0.2) is 40.9 Å². The van der Waals surface area contributed by atoms with Gasteiger partial charge in [0, 0.05) is 237 Å². The summed E-state index contributed by atoms with van der Waals surface area (Å²) in [6.45, 7) is 49.2. The van der Waals surface area contributed by atoms with Crippen LogP contribution in [0, 0.1) is 104 Å². The van der Waals surface area contributed by atoms with Crippen molar-refractivity contribution in [3.63, 3.8) is 0 Å². The number of aliphatic hydroxyl groups is 1. The van der Waals surface area contributed by atoms with Crippen LogP contribution in [-0.2, 0) is 308 Å². The van der Waals surface area contributed by atoms with E-state index < -0.39 is 9.23 Å². The van der Waals surface area contributed by atoms with E-state index >= 15 is 0 Å². The maximum atomic E-state index is 9.09. The Kier molecular flexibility index (Phi) is 6170. The molecule has 0 aliphatic heterocycles. The van der Waals surface area contributed by atoms with Crippen molar-refractivity contribution in [1.82, 2.24) is 0 Å². The van der Waals surface area contributed by atoms with Gasteiger partial charge in [-0.3, -0.25) is 0 Å². The fourth-order valence-corrected chi connectivity index (χ4v) is 0. The van der Waals surface area contributed by atoms with Crippen molar-refractivity contribution in [2.45, 2.75) is 210 Å². The van der Waals surface area contributed by atoms with Gasteiger partial charge in [-0.05, 0) is 33.7 Å². The second kappa shape index (κ2) is 1100. The van der Waals surface area contributed by atoms with Gasteiger partial charge in [0.25, 0.3) is 0 Å². The van der Waals surface area contributed by atoms with E-state index in [9.17, 15) is 0 Å². The summed E-state index contributed by atoms with van der Waals surface area (Å²) >= 11 is 5.00. The normalized spacial score (nSPS) is 2.77. The number of halogens is 3. The van der Waals surface area contributed by atoms with Gasteiger partial charge in [-0.1, -0.05) is 170 Å². The van der Waals surface area contributed by atoms with Crippen LogP contribution in [0.4, 0.5) is 0 Å². The number of nitriles is 1. The first-order valence-corrected chi connectivity index (χ1v) is 18.3. The van der Waals surface area contributed by atoms with Gasteiger partial charge in [0.15, 0.2) is 0 Å². The number of carbonyl (C=O) groups excluding carboxylic acids is 2. The number of aldehydes is 2. The van der Waals surface area contributed by atoms with Crippen LogP contribution in [0.5, 0.6) is 0 Å². The molecule has 0 aromatic heterocycles. The van der Waals surface area contributed by atoms with E-state index in [0.717, 1.165) is 31.4 Å². The fraction of sp³-hybridized carbons (Fsp3) is 0.688. The van der Waals surface area contributed by atoms with Crippen molar-refractivity contribution in [1.29, 1.82) is 10.5 Å². The minimum Gasteiger partial charge on any atom is -0.512 e. The quantitative estimate of drug-likeness (QED) is 0.0874. The molecule has 0 fully saturated rings. The molecule has 0 aliphatic carbocycles. The van der Waals surface area contributed by atoms with Gasteiger partial charge < -0.3 is 113 Å². The summed E-state index contributed by atoms with van der Waals surface area (Å²) in [5.41, 5.74) is 5.03. The van der Waals surface area contributed by atoms with E-state index in [1.807, 2.05) is 117 Å². The zero-order valence-corrected chi connectivity index (χ0v) is 79.0. The summed E-state index contributed by atoms with van der Waals surface area (Å²) in [5, 5.41) is 21.4. The molecule has 0 amide bonds. The Labute approximate surface area is 738 Å². The zero-order chi connectivity index (χ0) is 39.2. The van der Waals surface area contributed by atoms with Gasteiger partial charge in [0.2, 0.25) is 9.23 Å². The van der Waals surface area contributed by atoms with Crippen LogP contribution >= 0.6 is 33.0 Å². The van der Waals surface area contributed by atoms with Crippen LogP contribution in [0.2, 0.25) is 0 Å². The number of carbonyl (C=O) groups is 2. The third kappa shape index (κ3) is 3200. The number of alkyl halides is 1. The summed E-state index contributed by atoms with van der Waals surface area (Å²) < 4.78 is 9.09. The molecule has 23 heteroatoms. The average molecular weight is 1790 g/mol. The molecule has 0 spiro atoms. The number of aliphatic hydroxyl groups excluding tert-OH is 1. The van der Waals surface area contributed by atoms with Gasteiger partial charge in [-0.25, -0.2) is 4.21 Å². The van der Waals surface area contributed by atoms with Crippen LogP contribution in [0.15, 0.2) is 0 Å². The molecule has 0 saturated heterocycles. The molecule has 0 atom stereocenters. The molecule has 71 heavy (non-hydrogen) atoms. The SMILES string of the molecule is C.C.C.C.C.C.C.CC.CC.CC.CC.CC.CC.CC.CC=O.CC=O.CCC#N.CCCN.CCCl.CCO.O=S(Cl)Cl.[C-]#N.[CH2-]C.[CH3-].[CH3-].[CH3-].[CH3-].[CH3-].[CH3-].[CH3-].[CH3-].[CH3-].[CH3-].[K+].[V+2].[V+2].[V+2].[V+2].[V+2].[Y].[Y].[Y].[Y].[Y].[Y]. The largest absolute Gasteiger partial charge is 2.00 e. The molecule has 0 aromatic carbocycles. The van der Waals surface area contributed by atoms with Gasteiger partial charge in [-0.15, -0.1) is 11.6 Å². The van der Waals surface area contributed by atoms with Gasteiger partial charge >= 0.3 is 144 Å². The number of nitrogens with zero attached hydrogens (tertiary/aromatic N) is 2. The predicted octanol–water partition coefficient (Wildman–Crippen LogP) is 18.0. The number of hydrogen-bond acceptors (Lipinski definition) is 7. The Balaban J connectivity index is -0.00000000231. The molecule has 7 nitrogen and oxygen atoms in total. The van der Waals surface area contributed by atoms with Gasteiger partial charge in [0.1, 0.15) is 12.6 Å². The number of nitrogens with two attached hydrogens (primary N) is 1. The van der Waals surface area contributed by atoms with Crippen LogP contribution < -0.4 is 57.1 Å². The summed E-state index contributed by atoms with van der Waals surface area (Å²) in [4.78, 5) is 17.6. The minimum atomic E-state index is -1.67. The van der Waals surface area contributed by atoms with Crippen molar-refractivity contribution < 1.29 is 359 Å². The molecule has 0 unspecified atom stereocenters. The molecule has 0 heterocycles. The van der Waals surface area contributed by atoms with E-state index in [4.69, 9.17) is 53.3 Å². The number of rotatable bonds is 1. The summed E-state index contributed by atoms with van der Waals surface area (Å²) in [6.07, 6.45) is 3.22. The van der Waals surface area contributed by atoms with Crippen molar-refractivity contribution in [3.8, 4) is 6.07 Å². The first-order valence-electron chi connectivity index (χ1n) is 14.9. The third-order valence-corrected chi connectivity index (χ3v) is 0.447. The molecule has 3 N–H and O–H groups in total. The minimum absolute atomic E-state index is 0. The van der Waals surface area contributed by atoms with E-state index in [1.54, 1.807) is 13.8 Å². The van der Waals surface area contributed by atoms with Crippen molar-refractivity contribution in [3.05, 3.63) is 87.8 Å². The van der Waals surface area contributed by atoms with E-state index in [2.05, 4.69) is 35.2 Å². The Morgan fingerprint density at radius 2 is 0.549 bits per heavy atom. The first kappa shape index (κ1) is 397. The smallest absolute Gasteiger partial charge is 0.512 e. The second-order valence-electron chi connectivity index (χ2n) is 2.54. The Morgan fingerprint density at radius 1 is 0.521 bits per heavy atom. The van der Waals surface area contributed by atoms with Crippen LogP contribution in [0.1, 0.15) is 210 Å². The first-order chi connectivity index (χ1) is 20.2. The molecule has 0 saturated carbocycles. The van der Waals surface area contributed by atoms with Gasteiger partial charge in [0.05, 0.1) is 6.07 Å². The molecular formula is C48H138Cl3KN3O4SV5Y6-. The van der Waals surface area contributed by atoms with E-state index in [1.165, 1.54) is 13.8 Å². The molecule has 0 aromatic rings. The summed E-state index contributed by atoms with van der Waals surface area (Å²) in [5.74, 6) is 0.722. The molecule has 0 bridgehead atoms. The van der Waals surface area contributed by atoms with Crippen molar-refractivity contribution in [2.24, 2.45) is 5.73 Å². The monoisotopic (exact) mass is 1790 g/mol. The van der Waals surface area contributed by atoms with E-state index in [0.29, 0.717) is 6.42 Å². The van der Waals surface area contributed by atoms with Crippen LogP contribution in [0.3, 0.4) is 0 Å². The van der Waals surface area contributed by atoms with Crippen LogP contribution in [0.25, 0.3) is 0 Å². The Morgan fingerprint density at radius 3 is 0.549 bits per heavy atom. The third-order valence-electron chi connectivity index (χ3n) is 0.447. The van der Waals surface area contributed by atoms with Crippen molar-refractivity contribution in [2.75, 3.05) is 19.0 Å². The maximum absolute atomic E-state index is 9.09. The van der Waals surface area contributed by atoms with Crippen molar-refractivity contribution >= 4 is 54.8 Å². The molecule has 0 aliphatic rings. The average Bonchev–Trinajstić information content (AvgIpc) is 3.07. The topological polar surface area (TPSA) is 145 Å². The molecule has 11 radical (unpaired) electrons. The molecule has 0 rings (SSSR count).